The maximum absolute atomic E-state index is 10.7. The van der Waals surface area contributed by atoms with E-state index in [4.69, 9.17) is 13.0 Å². The third kappa shape index (κ3) is 5.23. The minimum atomic E-state index is -6.09. The van der Waals surface area contributed by atoms with Crippen LogP contribution in [-0.2, 0) is 17.2 Å². The van der Waals surface area contributed by atoms with Crippen LogP contribution in [0.1, 0.15) is 5.69 Å². The Morgan fingerprint density at radius 2 is 1.78 bits per heavy atom. The Kier molecular flexibility index (Phi) is 6.11. The van der Waals surface area contributed by atoms with Crippen molar-refractivity contribution in [2.75, 3.05) is 6.26 Å². The van der Waals surface area contributed by atoms with Crippen LogP contribution >= 0.6 is 11.8 Å². The fourth-order valence-corrected chi connectivity index (χ4v) is 1.50. The highest BCUT2D eigenvalue weighted by atomic mass is 32.2. The van der Waals surface area contributed by atoms with Gasteiger partial charge in [-0.1, -0.05) is 11.8 Å². The van der Waals surface area contributed by atoms with Gasteiger partial charge in [0.1, 0.15) is 7.05 Å². The number of halogens is 3. The highest BCUT2D eigenvalue weighted by Crippen LogP contribution is 2.20. The molecule has 0 fully saturated rings. The minimum absolute atomic E-state index is 1.30. The van der Waals surface area contributed by atoms with E-state index in [9.17, 15) is 13.2 Å². The molecule has 18 heavy (non-hydrogen) atoms. The monoisotopic (exact) mass is 303 g/mol. The van der Waals surface area contributed by atoms with E-state index in [0.29, 0.717) is 0 Å². The summed E-state index contributed by atoms with van der Waals surface area (Å²) >= 11 is 1.77. The zero-order chi connectivity index (χ0) is 14.6. The Morgan fingerprint density at radius 3 is 2.06 bits per heavy atom. The van der Waals surface area contributed by atoms with Crippen LogP contribution in [0.3, 0.4) is 0 Å². The van der Waals surface area contributed by atoms with Crippen LogP contribution in [0.2, 0.25) is 0 Å². The molecule has 0 spiro atoms. The van der Waals surface area contributed by atoms with Crippen molar-refractivity contribution in [2.45, 2.75) is 17.5 Å². The molecule has 0 radical (unpaired) electrons. The molecule has 0 saturated carbocycles. The van der Waals surface area contributed by atoms with Crippen molar-refractivity contribution in [1.82, 2.24) is 0 Å². The molecular weight excluding hydrogens is 291 g/mol. The lowest BCUT2D eigenvalue weighted by Gasteiger charge is -2.08. The first-order valence-electron chi connectivity index (χ1n) is 4.52. The van der Waals surface area contributed by atoms with E-state index < -0.39 is 15.6 Å². The number of thioether (sulfide) groups is 1. The summed E-state index contributed by atoms with van der Waals surface area (Å²) in [5, 5.41) is 1.31. The quantitative estimate of drug-likeness (QED) is 0.342. The summed E-state index contributed by atoms with van der Waals surface area (Å²) in [5.41, 5.74) is -4.35. The van der Waals surface area contributed by atoms with Crippen LogP contribution in [0.25, 0.3) is 0 Å². The van der Waals surface area contributed by atoms with Crippen molar-refractivity contribution in [3.05, 3.63) is 23.9 Å². The van der Waals surface area contributed by atoms with Gasteiger partial charge in [0.2, 0.25) is 5.03 Å². The Balaban J connectivity index is 0.000000331. The summed E-state index contributed by atoms with van der Waals surface area (Å²) in [4.78, 5) is 0. The Hall–Kier alpha value is -0.800. The summed E-state index contributed by atoms with van der Waals surface area (Å²) in [5.74, 6) is 0. The van der Waals surface area contributed by atoms with Crippen molar-refractivity contribution < 1.29 is 30.7 Å². The number of pyridine rings is 1. The predicted molar refractivity (Wildman–Crippen MR) is 59.9 cm³/mol. The van der Waals surface area contributed by atoms with Crippen LogP contribution in [0.5, 0.6) is 0 Å². The van der Waals surface area contributed by atoms with E-state index in [1.807, 2.05) is 0 Å². The molecule has 0 saturated heterocycles. The van der Waals surface area contributed by atoms with Gasteiger partial charge in [0.15, 0.2) is 15.8 Å². The standard InChI is InChI=1S/C8H12NS.CHF3O3S/c1-7-5-4-6-8(10-3)9(7)2;2-1(3,4)8(5,6)7/h4-6H,1-3H3;(H,5,6,7)/q+1;/p-1. The van der Waals surface area contributed by atoms with Crippen molar-refractivity contribution >= 4 is 21.9 Å². The van der Waals surface area contributed by atoms with Gasteiger partial charge in [-0.3, -0.25) is 0 Å². The summed E-state index contributed by atoms with van der Waals surface area (Å²) in [6.07, 6.45) is 2.09. The molecule has 1 aromatic heterocycles. The Labute approximate surface area is 108 Å². The van der Waals surface area contributed by atoms with E-state index in [2.05, 4.69) is 43.0 Å². The second-order valence-corrected chi connectivity index (χ2v) is 5.37. The molecular formula is C9H12F3NO3S2. The van der Waals surface area contributed by atoms with Gasteiger partial charge >= 0.3 is 5.51 Å². The molecule has 0 aromatic carbocycles. The van der Waals surface area contributed by atoms with Crippen molar-refractivity contribution in [2.24, 2.45) is 7.05 Å². The zero-order valence-corrected chi connectivity index (χ0v) is 11.5. The number of aromatic nitrogens is 1. The summed E-state index contributed by atoms with van der Waals surface area (Å²) < 4.78 is 61.1. The number of rotatable bonds is 1. The van der Waals surface area contributed by atoms with Gasteiger partial charge in [-0.05, 0) is 12.3 Å². The number of hydrogen-bond donors (Lipinski definition) is 0. The van der Waals surface area contributed by atoms with Crippen LogP contribution in [0.15, 0.2) is 23.2 Å². The van der Waals surface area contributed by atoms with Crippen LogP contribution < -0.4 is 4.57 Å². The van der Waals surface area contributed by atoms with E-state index >= 15 is 0 Å². The molecule has 104 valence electrons. The molecule has 0 amide bonds. The first kappa shape index (κ1) is 17.2. The third-order valence-corrected chi connectivity index (χ3v) is 3.32. The van der Waals surface area contributed by atoms with Gasteiger partial charge in [0, 0.05) is 19.1 Å². The third-order valence-electron chi connectivity index (χ3n) is 1.93. The van der Waals surface area contributed by atoms with E-state index in [0.717, 1.165) is 0 Å². The molecule has 0 atom stereocenters. The first-order chi connectivity index (χ1) is 8.00. The summed E-state index contributed by atoms with van der Waals surface area (Å²) in [6.45, 7) is 2.11. The maximum Gasteiger partial charge on any atom is 0.485 e. The van der Waals surface area contributed by atoms with Gasteiger partial charge in [-0.15, -0.1) is 0 Å². The molecule has 0 aliphatic rings. The van der Waals surface area contributed by atoms with Gasteiger partial charge in [-0.25, -0.2) is 8.42 Å². The molecule has 1 rings (SSSR count). The van der Waals surface area contributed by atoms with Crippen LogP contribution in [0.4, 0.5) is 13.2 Å². The average Bonchev–Trinajstić information content (AvgIpc) is 2.20. The molecule has 9 heteroatoms. The number of aryl methyl sites for hydroxylation is 1. The largest absolute Gasteiger partial charge is 0.741 e. The van der Waals surface area contributed by atoms with Crippen LogP contribution in [-0.4, -0.2) is 24.7 Å². The van der Waals surface area contributed by atoms with E-state index in [-0.39, 0.29) is 0 Å². The van der Waals surface area contributed by atoms with E-state index in [1.165, 1.54) is 10.7 Å². The summed E-state index contributed by atoms with van der Waals surface area (Å²) in [6, 6.07) is 6.32. The maximum atomic E-state index is 10.7. The molecule has 0 N–H and O–H groups in total. The lowest BCUT2D eigenvalue weighted by atomic mass is 10.4. The van der Waals surface area contributed by atoms with Gasteiger partial charge < -0.3 is 4.55 Å². The highest BCUT2D eigenvalue weighted by Gasteiger charge is 2.36. The van der Waals surface area contributed by atoms with Crippen molar-refractivity contribution in [3.8, 4) is 0 Å². The van der Waals surface area contributed by atoms with Crippen molar-refractivity contribution in [1.29, 1.82) is 0 Å². The summed E-state index contributed by atoms with van der Waals surface area (Å²) in [7, 11) is -4.01. The Morgan fingerprint density at radius 1 is 1.33 bits per heavy atom. The lowest BCUT2D eigenvalue weighted by Crippen LogP contribution is -2.34. The molecule has 0 aliphatic heterocycles. The average molecular weight is 303 g/mol. The molecule has 0 aliphatic carbocycles. The fraction of sp³-hybridized carbons (Fsp3) is 0.444. The van der Waals surface area contributed by atoms with Crippen molar-refractivity contribution in [3.63, 3.8) is 0 Å². The molecule has 1 heterocycles. The first-order valence-corrected chi connectivity index (χ1v) is 7.15. The Bertz CT molecular complexity index is 500. The predicted octanol–water partition coefficient (Wildman–Crippen LogP) is 1.59. The van der Waals surface area contributed by atoms with E-state index in [1.54, 1.807) is 11.8 Å². The second-order valence-electron chi connectivity index (χ2n) is 3.17. The van der Waals surface area contributed by atoms with Gasteiger partial charge in [0.05, 0.1) is 0 Å². The topological polar surface area (TPSA) is 61.1 Å². The second kappa shape index (κ2) is 6.39. The smallest absolute Gasteiger partial charge is 0.485 e. The van der Waals surface area contributed by atoms with Gasteiger partial charge in [0.25, 0.3) is 0 Å². The highest BCUT2D eigenvalue weighted by molar-refractivity contribution is 7.98. The lowest BCUT2D eigenvalue weighted by molar-refractivity contribution is -0.714. The normalized spacial score (nSPS) is 11.7. The van der Waals surface area contributed by atoms with Gasteiger partial charge in [-0.2, -0.15) is 17.7 Å². The number of alkyl halides is 3. The number of nitrogens with zero attached hydrogens (tertiary/aromatic N) is 1. The van der Waals surface area contributed by atoms with Crippen LogP contribution in [0, 0.1) is 6.92 Å². The SMILES string of the molecule is CSc1cccc(C)[n+]1C.O=S(=O)([O-])C(F)(F)F. The number of hydrogen-bond acceptors (Lipinski definition) is 4. The molecule has 0 unspecified atom stereocenters. The zero-order valence-electron chi connectivity index (χ0n) is 9.85. The minimum Gasteiger partial charge on any atom is -0.741 e. The molecule has 0 bridgehead atoms. The fourth-order valence-electron chi connectivity index (χ4n) is 0.872. The molecule has 1 aromatic rings. The molecule has 4 nitrogen and oxygen atoms in total.